The Morgan fingerprint density at radius 2 is 2.21 bits per heavy atom. The molecule has 0 fully saturated rings. The van der Waals surface area contributed by atoms with Gasteiger partial charge < -0.3 is 15.0 Å². The van der Waals surface area contributed by atoms with Crippen LogP contribution >= 0.6 is 0 Å². The second kappa shape index (κ2) is 5.73. The third kappa shape index (κ3) is 2.54. The van der Waals surface area contributed by atoms with Crippen LogP contribution in [0.15, 0.2) is 17.8 Å². The third-order valence-electron chi connectivity index (χ3n) is 3.20. The zero-order valence-electron chi connectivity index (χ0n) is 11.2. The van der Waals surface area contributed by atoms with Crippen molar-refractivity contribution in [1.82, 2.24) is 10.3 Å². The quantitative estimate of drug-likeness (QED) is 0.645. The molecule has 0 aromatic carbocycles. The molecule has 0 aliphatic carbocycles. The van der Waals surface area contributed by atoms with E-state index in [9.17, 15) is 9.59 Å². The summed E-state index contributed by atoms with van der Waals surface area (Å²) in [5.74, 6) is -0.421. The number of H-pyrrole nitrogens is 1. The largest absolute Gasteiger partial charge is 0.463 e. The minimum atomic E-state index is -0.290. The Kier molecular flexibility index (Phi) is 4.04. The highest BCUT2D eigenvalue weighted by Gasteiger charge is 2.24. The van der Waals surface area contributed by atoms with E-state index in [-0.39, 0.29) is 11.9 Å². The number of aromatic nitrogens is 1. The molecule has 102 valence electrons. The van der Waals surface area contributed by atoms with Crippen LogP contribution in [0, 0.1) is 0 Å². The van der Waals surface area contributed by atoms with Crippen LogP contribution < -0.4 is 5.32 Å². The van der Waals surface area contributed by atoms with E-state index in [1.807, 2.05) is 13.0 Å². The van der Waals surface area contributed by atoms with Gasteiger partial charge in [0.05, 0.1) is 6.61 Å². The Morgan fingerprint density at radius 3 is 2.89 bits per heavy atom. The number of carbonyl (C=O) groups is 2. The summed E-state index contributed by atoms with van der Waals surface area (Å²) in [6.45, 7) is 4.59. The van der Waals surface area contributed by atoms with Gasteiger partial charge in [-0.1, -0.05) is 6.92 Å². The van der Waals surface area contributed by atoms with E-state index in [1.54, 1.807) is 13.1 Å². The molecule has 2 N–H and O–H groups in total. The molecule has 0 spiro atoms. The van der Waals surface area contributed by atoms with Crippen molar-refractivity contribution < 1.29 is 14.3 Å². The van der Waals surface area contributed by atoms with Crippen molar-refractivity contribution in [3.8, 4) is 0 Å². The molecule has 0 unspecified atom stereocenters. The van der Waals surface area contributed by atoms with Gasteiger partial charge in [0.15, 0.2) is 0 Å². The Labute approximate surface area is 112 Å². The van der Waals surface area contributed by atoms with Crippen LogP contribution in [-0.2, 0) is 9.53 Å². The number of carbonyl (C=O) groups excluding carboxylic acids is 2. The van der Waals surface area contributed by atoms with Crippen molar-refractivity contribution in [1.29, 1.82) is 0 Å². The van der Waals surface area contributed by atoms with Crippen LogP contribution in [-0.4, -0.2) is 30.0 Å². The van der Waals surface area contributed by atoms with Crippen molar-refractivity contribution in [2.24, 2.45) is 0 Å². The number of rotatable bonds is 3. The highest BCUT2D eigenvalue weighted by atomic mass is 16.5. The van der Waals surface area contributed by atoms with E-state index in [1.165, 1.54) is 0 Å². The second-order valence-electron chi connectivity index (χ2n) is 4.30. The first-order valence-corrected chi connectivity index (χ1v) is 6.54. The summed E-state index contributed by atoms with van der Waals surface area (Å²) in [5.41, 5.74) is 2.87. The molecule has 0 atom stereocenters. The Hall–Kier alpha value is -2.04. The summed E-state index contributed by atoms with van der Waals surface area (Å²) in [6, 6.07) is 1.84. The molecule has 0 bridgehead atoms. The lowest BCUT2D eigenvalue weighted by Gasteiger charge is -2.11. The van der Waals surface area contributed by atoms with Gasteiger partial charge in [0.25, 0.3) is 5.91 Å². The number of nitrogens with one attached hydrogen (secondary N) is 2. The fourth-order valence-electron chi connectivity index (χ4n) is 2.35. The monoisotopic (exact) mass is 262 g/mol. The first-order valence-electron chi connectivity index (χ1n) is 6.54. The van der Waals surface area contributed by atoms with E-state index in [0.29, 0.717) is 37.3 Å². The molecule has 1 amide bonds. The van der Waals surface area contributed by atoms with Crippen molar-refractivity contribution in [2.45, 2.75) is 26.7 Å². The normalized spacial score (nSPS) is 17.3. The third-order valence-corrected chi connectivity index (χ3v) is 3.20. The fraction of sp³-hybridized carbons (Fsp3) is 0.429. The average Bonchev–Trinajstić information content (AvgIpc) is 2.81. The number of amides is 1. The SMILES string of the molecule is CCOC(=O)/C(CC)=C1\CCNC(=O)c2[nH]ccc21. The lowest BCUT2D eigenvalue weighted by Crippen LogP contribution is -2.22. The van der Waals surface area contributed by atoms with Crippen LogP contribution in [0.25, 0.3) is 5.57 Å². The lowest BCUT2D eigenvalue weighted by molar-refractivity contribution is -0.138. The number of esters is 1. The molecule has 5 nitrogen and oxygen atoms in total. The van der Waals surface area contributed by atoms with Gasteiger partial charge >= 0.3 is 5.97 Å². The predicted octanol–water partition coefficient (Wildman–Crippen LogP) is 1.87. The van der Waals surface area contributed by atoms with Gasteiger partial charge in [-0.05, 0) is 31.4 Å². The number of hydrogen-bond acceptors (Lipinski definition) is 3. The summed E-state index contributed by atoms with van der Waals surface area (Å²) >= 11 is 0. The average molecular weight is 262 g/mol. The van der Waals surface area contributed by atoms with Crippen LogP contribution in [0.5, 0.6) is 0 Å². The summed E-state index contributed by atoms with van der Waals surface area (Å²) in [4.78, 5) is 26.8. The minimum absolute atomic E-state index is 0.130. The topological polar surface area (TPSA) is 71.2 Å². The zero-order chi connectivity index (χ0) is 13.8. The van der Waals surface area contributed by atoms with Crippen LogP contribution in [0.3, 0.4) is 0 Å². The minimum Gasteiger partial charge on any atom is -0.463 e. The molecule has 5 heteroatoms. The van der Waals surface area contributed by atoms with E-state index in [2.05, 4.69) is 10.3 Å². The van der Waals surface area contributed by atoms with Crippen molar-refractivity contribution in [3.05, 3.63) is 29.1 Å². The first-order chi connectivity index (χ1) is 9.19. The zero-order valence-corrected chi connectivity index (χ0v) is 11.2. The number of fused-ring (bicyclic) bond motifs is 1. The van der Waals surface area contributed by atoms with Crippen LogP contribution in [0.4, 0.5) is 0 Å². The van der Waals surface area contributed by atoms with Crippen molar-refractivity contribution in [3.63, 3.8) is 0 Å². The molecule has 2 rings (SSSR count). The van der Waals surface area contributed by atoms with Gasteiger partial charge in [0.2, 0.25) is 0 Å². The van der Waals surface area contributed by atoms with Gasteiger partial charge in [-0.25, -0.2) is 4.79 Å². The lowest BCUT2D eigenvalue weighted by atomic mass is 9.96. The predicted molar refractivity (Wildman–Crippen MR) is 71.6 cm³/mol. The molecule has 2 heterocycles. The molecule has 0 saturated carbocycles. The van der Waals surface area contributed by atoms with E-state index < -0.39 is 0 Å². The summed E-state index contributed by atoms with van der Waals surface area (Å²) < 4.78 is 5.10. The van der Waals surface area contributed by atoms with Crippen molar-refractivity contribution in [2.75, 3.05) is 13.2 Å². The Morgan fingerprint density at radius 1 is 1.42 bits per heavy atom. The standard InChI is InChI=1S/C14H18N2O3/c1-3-9(14(18)19-4-2)10-5-8-16-13(17)12-11(10)6-7-15-12/h6-7,15H,3-5,8H2,1-2H3,(H,16,17)/b10-9+. The molecule has 1 aliphatic heterocycles. The highest BCUT2D eigenvalue weighted by Crippen LogP contribution is 2.29. The molecular weight excluding hydrogens is 244 g/mol. The van der Waals surface area contributed by atoms with Crippen LogP contribution in [0.1, 0.15) is 42.7 Å². The number of hydrogen-bond donors (Lipinski definition) is 2. The Balaban J connectivity index is 2.50. The van der Waals surface area contributed by atoms with Gasteiger partial charge in [-0.15, -0.1) is 0 Å². The maximum atomic E-state index is 12.0. The van der Waals surface area contributed by atoms with Crippen LogP contribution in [0.2, 0.25) is 0 Å². The molecule has 0 saturated heterocycles. The second-order valence-corrected chi connectivity index (χ2v) is 4.30. The Bertz CT molecular complexity index is 529. The maximum Gasteiger partial charge on any atom is 0.334 e. The summed E-state index contributed by atoms with van der Waals surface area (Å²) in [5, 5.41) is 2.81. The molecule has 19 heavy (non-hydrogen) atoms. The van der Waals surface area contributed by atoms with Gasteiger partial charge in [-0.3, -0.25) is 4.79 Å². The summed E-state index contributed by atoms with van der Waals surface area (Å²) in [7, 11) is 0. The molecular formula is C14H18N2O3. The number of aromatic amines is 1. The molecule has 1 aromatic heterocycles. The van der Waals surface area contributed by atoms with Gasteiger partial charge in [0.1, 0.15) is 5.69 Å². The van der Waals surface area contributed by atoms with E-state index in [4.69, 9.17) is 4.74 Å². The molecule has 1 aliphatic rings. The smallest absolute Gasteiger partial charge is 0.334 e. The van der Waals surface area contributed by atoms with E-state index in [0.717, 1.165) is 11.1 Å². The maximum absolute atomic E-state index is 12.0. The van der Waals surface area contributed by atoms with Gasteiger partial charge in [0, 0.05) is 23.9 Å². The first kappa shape index (κ1) is 13.4. The highest BCUT2D eigenvalue weighted by molar-refractivity contribution is 6.04. The molecule has 1 aromatic rings. The number of ether oxygens (including phenoxy) is 1. The van der Waals surface area contributed by atoms with E-state index >= 15 is 0 Å². The molecule has 0 radical (unpaired) electrons. The summed E-state index contributed by atoms with van der Waals surface area (Å²) in [6.07, 6.45) is 2.94. The van der Waals surface area contributed by atoms with Crippen molar-refractivity contribution >= 4 is 17.4 Å². The fourth-order valence-corrected chi connectivity index (χ4v) is 2.35. The van der Waals surface area contributed by atoms with Gasteiger partial charge in [-0.2, -0.15) is 0 Å².